The van der Waals surface area contributed by atoms with Crippen molar-refractivity contribution in [3.63, 3.8) is 0 Å². The summed E-state index contributed by atoms with van der Waals surface area (Å²) in [5.41, 5.74) is 1.78. The van der Waals surface area contributed by atoms with E-state index in [-0.39, 0.29) is 0 Å². The molecule has 0 aliphatic heterocycles. The molecule has 1 aromatic heterocycles. The Labute approximate surface area is 197 Å². The summed E-state index contributed by atoms with van der Waals surface area (Å²) in [6.45, 7) is 12.9. The highest BCUT2D eigenvalue weighted by molar-refractivity contribution is 5.26. The molecule has 0 amide bonds. The molecule has 5 aliphatic carbocycles. The van der Waals surface area contributed by atoms with Gasteiger partial charge in [-0.05, 0) is 109 Å². The lowest BCUT2D eigenvalue weighted by molar-refractivity contribution is -0.124. The van der Waals surface area contributed by atoms with Crippen LogP contribution in [0.5, 0.6) is 0 Å². The fraction of sp³-hybridized carbons (Fsp3) is 0.900. The van der Waals surface area contributed by atoms with E-state index in [9.17, 15) is 0 Å². The van der Waals surface area contributed by atoms with Crippen LogP contribution in [0.15, 0.2) is 18.7 Å². The molecule has 32 heavy (non-hydrogen) atoms. The zero-order chi connectivity index (χ0) is 22.3. The topological polar surface area (TPSA) is 17.8 Å². The number of aromatic nitrogens is 2. The fourth-order valence-electron chi connectivity index (χ4n) is 11.2. The van der Waals surface area contributed by atoms with Crippen LogP contribution in [0.4, 0.5) is 0 Å². The van der Waals surface area contributed by atoms with Crippen LogP contribution in [0, 0.1) is 57.7 Å². The number of rotatable bonds is 6. The van der Waals surface area contributed by atoms with E-state index in [1.54, 1.807) is 0 Å². The molecule has 2 nitrogen and oxygen atoms in total. The quantitative estimate of drug-likeness (QED) is 0.440. The molecular formula is C30H48N2. The Balaban J connectivity index is 1.27. The average Bonchev–Trinajstić information content (AvgIpc) is 3.08. The summed E-state index contributed by atoms with van der Waals surface area (Å²) in [7, 11) is 0. The second-order valence-corrected chi connectivity index (χ2v) is 14.1. The molecule has 6 rings (SSSR count). The Morgan fingerprint density at radius 3 is 2.56 bits per heavy atom. The van der Waals surface area contributed by atoms with Gasteiger partial charge in [0, 0.05) is 18.4 Å². The highest BCUT2D eigenvalue weighted by atomic mass is 15.1. The normalized spacial score (nSPS) is 49.9. The number of hydrogen-bond donors (Lipinski definition) is 0. The minimum absolute atomic E-state index is 0.581. The molecule has 10 atom stereocenters. The Morgan fingerprint density at radius 1 is 1.00 bits per heavy atom. The van der Waals surface area contributed by atoms with Crippen molar-refractivity contribution < 1.29 is 0 Å². The molecular weight excluding hydrogens is 388 g/mol. The van der Waals surface area contributed by atoms with Gasteiger partial charge in [0.15, 0.2) is 0 Å². The SMILES string of the molecule is CC(C)CCC[C@@H](C)[C@H]1CC[C@H]2[C@@H]3C[C@H](n4ccnc4)[C@]45C[C@H]4CC[C@]5(C)[C@H]3CC[C@]12C. The predicted octanol–water partition coefficient (Wildman–Crippen LogP) is 8.16. The van der Waals surface area contributed by atoms with Crippen molar-refractivity contribution in [3.05, 3.63) is 18.7 Å². The summed E-state index contributed by atoms with van der Waals surface area (Å²) in [6, 6.07) is 0.716. The molecule has 5 fully saturated rings. The molecule has 0 saturated heterocycles. The van der Waals surface area contributed by atoms with E-state index in [0.29, 0.717) is 22.3 Å². The monoisotopic (exact) mass is 436 g/mol. The van der Waals surface area contributed by atoms with E-state index in [1.165, 1.54) is 70.6 Å². The highest BCUT2D eigenvalue weighted by Crippen LogP contribution is 2.84. The Hall–Kier alpha value is -0.790. The van der Waals surface area contributed by atoms with Crippen LogP contribution in [0.3, 0.4) is 0 Å². The van der Waals surface area contributed by atoms with Gasteiger partial charge in [0.2, 0.25) is 0 Å². The van der Waals surface area contributed by atoms with Crippen LogP contribution in [0.1, 0.15) is 111 Å². The lowest BCUT2D eigenvalue weighted by Gasteiger charge is -2.61. The van der Waals surface area contributed by atoms with Crippen LogP contribution >= 0.6 is 0 Å². The summed E-state index contributed by atoms with van der Waals surface area (Å²) in [6.07, 6.45) is 22.8. The molecule has 0 bridgehead atoms. The Kier molecular flexibility index (Phi) is 4.99. The predicted molar refractivity (Wildman–Crippen MR) is 132 cm³/mol. The summed E-state index contributed by atoms with van der Waals surface area (Å²) in [5.74, 6) is 6.65. The standard InChI is InChI=1S/C30H48N2/c1-20(2)7-6-8-21(3)24-9-10-25-23-17-27(32-16-15-31-19-32)30-18-22(30)11-14-29(30,5)26(23)12-13-28(24,25)4/h15-16,19-27H,6-14,17-18H2,1-5H3/t21-,22-,23+,24-,25+,26+,27+,28-,29-,30+/m1/s1. The molecule has 1 aromatic rings. The molecule has 0 aromatic carbocycles. The third kappa shape index (κ3) is 2.79. The second kappa shape index (κ2) is 7.35. The zero-order valence-corrected chi connectivity index (χ0v) is 21.5. The molecule has 5 saturated carbocycles. The maximum atomic E-state index is 4.51. The fourth-order valence-corrected chi connectivity index (χ4v) is 11.2. The van der Waals surface area contributed by atoms with Gasteiger partial charge in [-0.3, -0.25) is 0 Å². The van der Waals surface area contributed by atoms with E-state index in [2.05, 4.69) is 56.7 Å². The number of fused-ring (bicyclic) bond motifs is 4. The summed E-state index contributed by atoms with van der Waals surface area (Å²) in [5, 5.41) is 0. The maximum absolute atomic E-state index is 4.51. The maximum Gasteiger partial charge on any atom is 0.0948 e. The third-order valence-corrected chi connectivity index (χ3v) is 12.7. The van der Waals surface area contributed by atoms with Gasteiger partial charge in [-0.25, -0.2) is 4.98 Å². The molecule has 1 heterocycles. The average molecular weight is 437 g/mol. The molecule has 0 radical (unpaired) electrons. The molecule has 0 N–H and O–H groups in total. The molecule has 1 spiro atoms. The first-order valence-corrected chi connectivity index (χ1v) is 14.3. The number of hydrogen-bond acceptors (Lipinski definition) is 1. The lowest BCUT2D eigenvalue weighted by Crippen LogP contribution is -2.55. The summed E-state index contributed by atoms with van der Waals surface area (Å²) < 4.78 is 2.56. The van der Waals surface area contributed by atoms with Crippen LogP contribution in [-0.2, 0) is 0 Å². The highest BCUT2D eigenvalue weighted by Gasteiger charge is 2.77. The van der Waals surface area contributed by atoms with Gasteiger partial charge in [0.1, 0.15) is 0 Å². The van der Waals surface area contributed by atoms with Gasteiger partial charge in [-0.15, -0.1) is 0 Å². The van der Waals surface area contributed by atoms with Crippen LogP contribution < -0.4 is 0 Å². The number of imidazole rings is 1. The smallest absolute Gasteiger partial charge is 0.0948 e. The zero-order valence-electron chi connectivity index (χ0n) is 21.5. The van der Waals surface area contributed by atoms with Crippen molar-refractivity contribution in [1.29, 1.82) is 0 Å². The van der Waals surface area contributed by atoms with Gasteiger partial charge in [0.05, 0.1) is 6.33 Å². The minimum atomic E-state index is 0.581. The van der Waals surface area contributed by atoms with E-state index in [1.807, 2.05) is 6.20 Å². The molecule has 2 heteroatoms. The van der Waals surface area contributed by atoms with Crippen molar-refractivity contribution in [1.82, 2.24) is 9.55 Å². The first-order valence-electron chi connectivity index (χ1n) is 14.3. The van der Waals surface area contributed by atoms with Gasteiger partial charge in [-0.2, -0.15) is 0 Å². The number of nitrogens with zero attached hydrogens (tertiary/aromatic N) is 2. The largest absolute Gasteiger partial charge is 0.334 e. The molecule has 5 aliphatic rings. The van der Waals surface area contributed by atoms with Gasteiger partial charge in [-0.1, -0.05) is 53.9 Å². The molecule has 0 unspecified atom stereocenters. The van der Waals surface area contributed by atoms with E-state index >= 15 is 0 Å². The van der Waals surface area contributed by atoms with Gasteiger partial charge in [0.25, 0.3) is 0 Å². The Bertz CT molecular complexity index is 828. The van der Waals surface area contributed by atoms with Crippen molar-refractivity contribution in [2.75, 3.05) is 0 Å². The molecule has 178 valence electrons. The Morgan fingerprint density at radius 2 is 1.84 bits per heavy atom. The van der Waals surface area contributed by atoms with Crippen molar-refractivity contribution in [3.8, 4) is 0 Å². The minimum Gasteiger partial charge on any atom is -0.334 e. The summed E-state index contributed by atoms with van der Waals surface area (Å²) in [4.78, 5) is 4.51. The van der Waals surface area contributed by atoms with Crippen molar-refractivity contribution in [2.24, 2.45) is 57.7 Å². The van der Waals surface area contributed by atoms with Gasteiger partial charge >= 0.3 is 0 Å². The second-order valence-electron chi connectivity index (χ2n) is 14.1. The van der Waals surface area contributed by atoms with Crippen molar-refractivity contribution >= 4 is 0 Å². The van der Waals surface area contributed by atoms with Gasteiger partial charge < -0.3 is 4.57 Å². The first kappa shape index (κ1) is 21.7. The lowest BCUT2D eigenvalue weighted by atomic mass is 9.44. The first-order chi connectivity index (χ1) is 15.3. The van der Waals surface area contributed by atoms with Crippen molar-refractivity contribution in [2.45, 2.75) is 111 Å². The van der Waals surface area contributed by atoms with E-state index in [4.69, 9.17) is 0 Å². The van der Waals surface area contributed by atoms with Crippen LogP contribution in [0.25, 0.3) is 0 Å². The van der Waals surface area contributed by atoms with E-state index in [0.717, 1.165) is 41.4 Å². The van der Waals surface area contributed by atoms with E-state index < -0.39 is 0 Å². The van der Waals surface area contributed by atoms with Crippen LogP contribution in [-0.4, -0.2) is 9.55 Å². The van der Waals surface area contributed by atoms with Crippen LogP contribution in [0.2, 0.25) is 0 Å². The summed E-state index contributed by atoms with van der Waals surface area (Å²) >= 11 is 0. The third-order valence-electron chi connectivity index (χ3n) is 12.7.